The Morgan fingerprint density at radius 3 is 2.15 bits per heavy atom. The van der Waals surface area contributed by atoms with E-state index in [1.54, 1.807) is 0 Å². The molecule has 0 N–H and O–H groups in total. The molecule has 1 spiro atoms. The van der Waals surface area contributed by atoms with Crippen molar-refractivity contribution in [1.29, 1.82) is 0 Å². The van der Waals surface area contributed by atoms with Crippen LogP contribution >= 0.6 is 0 Å². The monoisotopic (exact) mass is 463 g/mol. The minimum absolute atomic E-state index is 0.265. The molecule has 5 heteroatoms. The zero-order chi connectivity index (χ0) is 24.0. The van der Waals surface area contributed by atoms with Crippen molar-refractivity contribution in [2.24, 2.45) is 10.9 Å². The topological polar surface area (TPSA) is 57.1 Å². The van der Waals surface area contributed by atoms with Gasteiger partial charge in [0.15, 0.2) is 5.79 Å². The van der Waals surface area contributed by atoms with Crippen molar-refractivity contribution < 1.29 is 19.0 Å². The van der Waals surface area contributed by atoms with Gasteiger partial charge in [-0.2, -0.15) is 0 Å². The third kappa shape index (κ3) is 6.13. The molecule has 2 aromatic carbocycles. The lowest BCUT2D eigenvalue weighted by Gasteiger charge is -2.39. The number of aliphatic imine (C=N–C) groups is 1. The maximum absolute atomic E-state index is 13.4. The second-order valence-corrected chi connectivity index (χ2v) is 10.3. The van der Waals surface area contributed by atoms with E-state index in [2.05, 4.69) is 0 Å². The molecule has 2 aliphatic rings. The van der Waals surface area contributed by atoms with E-state index in [0.29, 0.717) is 19.6 Å². The summed E-state index contributed by atoms with van der Waals surface area (Å²) in [5.41, 5.74) is 2.20. The van der Waals surface area contributed by atoms with Gasteiger partial charge in [0.25, 0.3) is 0 Å². The standard InChI is InChI=1S/C29H37NO4/c1-28(2,3)34-27(31)25(18-17-24-16-10-11-19-29(24)32-20-21-33-29)30-26(22-12-6-4-7-13-22)23-14-8-5-9-15-23/h4-9,12-15,24-25H,10-11,16-21H2,1-3H3/t24?,25-/m1/s1. The van der Waals surface area contributed by atoms with E-state index in [4.69, 9.17) is 19.2 Å². The van der Waals surface area contributed by atoms with Crippen LogP contribution in [0.1, 0.15) is 70.4 Å². The summed E-state index contributed by atoms with van der Waals surface area (Å²) in [6, 6.07) is 19.5. The molecule has 0 radical (unpaired) electrons. The first-order valence-electron chi connectivity index (χ1n) is 12.6. The number of carbonyl (C=O) groups excluding carboxylic acids is 1. The number of hydrogen-bond donors (Lipinski definition) is 0. The number of hydrogen-bond acceptors (Lipinski definition) is 5. The molecule has 0 amide bonds. The molecule has 1 saturated heterocycles. The normalized spacial score (nSPS) is 20.6. The summed E-state index contributed by atoms with van der Waals surface area (Å²) < 4.78 is 18.0. The van der Waals surface area contributed by atoms with Crippen LogP contribution < -0.4 is 0 Å². The Bertz CT molecular complexity index is 917. The van der Waals surface area contributed by atoms with Crippen molar-refractivity contribution in [2.75, 3.05) is 13.2 Å². The third-order valence-electron chi connectivity index (χ3n) is 6.57. The van der Waals surface area contributed by atoms with Gasteiger partial charge in [-0.3, -0.25) is 4.99 Å². The largest absolute Gasteiger partial charge is 0.458 e. The van der Waals surface area contributed by atoms with Crippen LogP contribution in [0.5, 0.6) is 0 Å². The SMILES string of the molecule is CC(C)(C)OC(=O)[C@@H](CCC1CCCCC12OCCO2)N=C(c1ccccc1)c1ccccc1. The lowest BCUT2D eigenvalue weighted by atomic mass is 9.79. The van der Waals surface area contributed by atoms with Gasteiger partial charge in [0.2, 0.25) is 0 Å². The molecule has 2 atom stereocenters. The molecule has 1 aliphatic carbocycles. The highest BCUT2D eigenvalue weighted by molar-refractivity contribution is 6.13. The summed E-state index contributed by atoms with van der Waals surface area (Å²) in [6.45, 7) is 7.00. The van der Waals surface area contributed by atoms with Crippen molar-refractivity contribution in [3.05, 3.63) is 71.8 Å². The summed E-state index contributed by atoms with van der Waals surface area (Å²) >= 11 is 0. The zero-order valence-electron chi connectivity index (χ0n) is 20.7. The highest BCUT2D eigenvalue weighted by Gasteiger charge is 2.45. The van der Waals surface area contributed by atoms with Gasteiger partial charge in [0, 0.05) is 23.5 Å². The number of esters is 1. The van der Waals surface area contributed by atoms with Crippen LogP contribution in [-0.4, -0.2) is 42.3 Å². The van der Waals surface area contributed by atoms with Crippen LogP contribution in [0, 0.1) is 5.92 Å². The number of ether oxygens (including phenoxy) is 3. The van der Waals surface area contributed by atoms with E-state index in [0.717, 1.165) is 42.5 Å². The first kappa shape index (κ1) is 24.6. The lowest BCUT2D eigenvalue weighted by Crippen LogP contribution is -2.42. The van der Waals surface area contributed by atoms with Gasteiger partial charge in [-0.15, -0.1) is 0 Å². The Kier molecular flexibility index (Phi) is 7.84. The fourth-order valence-corrected chi connectivity index (χ4v) is 5.03. The van der Waals surface area contributed by atoms with E-state index in [9.17, 15) is 4.79 Å². The van der Waals surface area contributed by atoms with Gasteiger partial charge in [0.1, 0.15) is 11.6 Å². The molecule has 0 bridgehead atoms. The van der Waals surface area contributed by atoms with Gasteiger partial charge in [-0.1, -0.05) is 67.1 Å². The average molecular weight is 464 g/mol. The van der Waals surface area contributed by atoms with Gasteiger partial charge in [-0.05, 0) is 46.5 Å². The van der Waals surface area contributed by atoms with Crippen LogP contribution in [0.2, 0.25) is 0 Å². The van der Waals surface area contributed by atoms with Gasteiger partial charge < -0.3 is 14.2 Å². The first-order valence-corrected chi connectivity index (χ1v) is 12.6. The van der Waals surface area contributed by atoms with Crippen molar-refractivity contribution >= 4 is 11.7 Å². The smallest absolute Gasteiger partial charge is 0.331 e. The Morgan fingerprint density at radius 2 is 1.59 bits per heavy atom. The molecule has 34 heavy (non-hydrogen) atoms. The van der Waals surface area contributed by atoms with E-state index < -0.39 is 17.4 Å². The summed E-state index contributed by atoms with van der Waals surface area (Å²) in [4.78, 5) is 18.4. The lowest BCUT2D eigenvalue weighted by molar-refractivity contribution is -0.214. The molecule has 4 rings (SSSR count). The van der Waals surface area contributed by atoms with Crippen LogP contribution in [0.15, 0.2) is 65.7 Å². The van der Waals surface area contributed by atoms with Gasteiger partial charge in [-0.25, -0.2) is 4.79 Å². The fraction of sp³-hybridized carbons (Fsp3) is 0.517. The predicted octanol–water partition coefficient (Wildman–Crippen LogP) is 5.95. The van der Waals surface area contributed by atoms with Crippen LogP contribution in [0.3, 0.4) is 0 Å². The molecule has 1 unspecified atom stereocenters. The second-order valence-electron chi connectivity index (χ2n) is 10.3. The van der Waals surface area contributed by atoms with Crippen molar-refractivity contribution in [3.8, 4) is 0 Å². The maximum atomic E-state index is 13.4. The van der Waals surface area contributed by atoms with E-state index in [1.165, 1.54) is 6.42 Å². The maximum Gasteiger partial charge on any atom is 0.331 e. The van der Waals surface area contributed by atoms with E-state index >= 15 is 0 Å². The molecule has 1 aliphatic heterocycles. The molecular formula is C29H37NO4. The number of carbonyl (C=O) groups is 1. The molecule has 5 nitrogen and oxygen atoms in total. The Labute approximate surface area is 203 Å². The molecule has 2 aromatic rings. The third-order valence-corrected chi connectivity index (χ3v) is 6.57. The Morgan fingerprint density at radius 1 is 1.00 bits per heavy atom. The summed E-state index contributed by atoms with van der Waals surface area (Å²) in [5, 5.41) is 0. The van der Waals surface area contributed by atoms with Crippen molar-refractivity contribution in [2.45, 2.75) is 76.7 Å². The molecule has 0 aromatic heterocycles. The van der Waals surface area contributed by atoms with Crippen LogP contribution in [0.4, 0.5) is 0 Å². The first-order chi connectivity index (χ1) is 16.4. The molecule has 1 heterocycles. The average Bonchev–Trinajstić information content (AvgIpc) is 3.29. The minimum atomic E-state index is -0.602. The molecule has 1 saturated carbocycles. The van der Waals surface area contributed by atoms with Crippen molar-refractivity contribution in [3.63, 3.8) is 0 Å². The van der Waals surface area contributed by atoms with E-state index in [-0.39, 0.29) is 11.9 Å². The quantitative estimate of drug-likeness (QED) is 0.376. The van der Waals surface area contributed by atoms with Gasteiger partial charge in [0.05, 0.1) is 18.9 Å². The number of nitrogens with zero attached hydrogens (tertiary/aromatic N) is 1. The number of rotatable bonds is 7. The zero-order valence-corrected chi connectivity index (χ0v) is 20.7. The summed E-state index contributed by atoms with van der Waals surface area (Å²) in [5.74, 6) is -0.502. The van der Waals surface area contributed by atoms with Crippen molar-refractivity contribution in [1.82, 2.24) is 0 Å². The minimum Gasteiger partial charge on any atom is -0.458 e. The van der Waals surface area contributed by atoms with E-state index in [1.807, 2.05) is 81.4 Å². The molecular weight excluding hydrogens is 426 g/mol. The highest BCUT2D eigenvalue weighted by Crippen LogP contribution is 2.43. The Hall–Kier alpha value is -2.50. The highest BCUT2D eigenvalue weighted by atomic mass is 16.7. The Balaban J connectivity index is 1.64. The second kappa shape index (κ2) is 10.8. The van der Waals surface area contributed by atoms with Crippen LogP contribution in [0.25, 0.3) is 0 Å². The fourth-order valence-electron chi connectivity index (χ4n) is 5.03. The summed E-state index contributed by atoms with van der Waals surface area (Å²) in [6.07, 6.45) is 5.67. The molecule has 182 valence electrons. The molecule has 2 fully saturated rings. The predicted molar refractivity (Wildman–Crippen MR) is 134 cm³/mol. The van der Waals surface area contributed by atoms with Crippen LogP contribution in [-0.2, 0) is 19.0 Å². The number of benzene rings is 2. The summed E-state index contributed by atoms with van der Waals surface area (Å²) in [7, 11) is 0. The van der Waals surface area contributed by atoms with Gasteiger partial charge >= 0.3 is 5.97 Å².